The highest BCUT2D eigenvalue weighted by molar-refractivity contribution is 7.89. The molecule has 1 aliphatic rings. The van der Waals surface area contributed by atoms with Crippen molar-refractivity contribution in [1.29, 1.82) is 0 Å². The normalized spacial score (nSPS) is 16.2. The van der Waals surface area contributed by atoms with Gasteiger partial charge in [0.15, 0.2) is 11.6 Å². The molecule has 2 aromatic heterocycles. The Morgan fingerprint density at radius 2 is 2.03 bits per heavy atom. The standard InChI is InChI=1S/C21H27N7O3S/c1-15-5-6-16(32(30,31)26-11-21(12-29)7-3-2-4-8-21)9-17(15)18-10-24-19(22)20(27-18)28-14-23-13-25-28/h5-6,9-10,13-14,26,29H,2-4,7-8,11-12H2,1H3,(H2,22,24). The van der Waals surface area contributed by atoms with Crippen LogP contribution in [0.25, 0.3) is 17.1 Å². The van der Waals surface area contributed by atoms with Gasteiger partial charge in [0.05, 0.1) is 16.8 Å². The lowest BCUT2D eigenvalue weighted by molar-refractivity contribution is 0.0867. The molecule has 0 atom stereocenters. The molecule has 0 unspecified atom stereocenters. The summed E-state index contributed by atoms with van der Waals surface area (Å²) < 4.78 is 30.2. The fraction of sp³-hybridized carbons (Fsp3) is 0.429. The summed E-state index contributed by atoms with van der Waals surface area (Å²) in [5.41, 5.74) is 7.48. The third kappa shape index (κ3) is 4.50. The minimum absolute atomic E-state index is 0.0270. The van der Waals surface area contributed by atoms with Gasteiger partial charge < -0.3 is 10.8 Å². The van der Waals surface area contributed by atoms with E-state index in [-0.39, 0.29) is 23.9 Å². The summed E-state index contributed by atoms with van der Waals surface area (Å²) in [6.45, 7) is 2.06. The van der Waals surface area contributed by atoms with Crippen molar-refractivity contribution in [3.8, 4) is 17.1 Å². The second kappa shape index (κ2) is 8.93. The van der Waals surface area contributed by atoms with Gasteiger partial charge in [0.25, 0.3) is 0 Å². The largest absolute Gasteiger partial charge is 0.396 e. The van der Waals surface area contributed by atoms with E-state index in [9.17, 15) is 13.5 Å². The second-order valence-electron chi connectivity index (χ2n) is 8.32. The van der Waals surface area contributed by atoms with Crippen LogP contribution in [0.2, 0.25) is 0 Å². The number of nitrogen functional groups attached to an aromatic ring is 1. The average Bonchev–Trinajstić information content (AvgIpc) is 3.34. The van der Waals surface area contributed by atoms with Crippen molar-refractivity contribution in [1.82, 2.24) is 29.5 Å². The third-order valence-corrected chi connectivity index (χ3v) is 7.50. The molecule has 2 heterocycles. The lowest BCUT2D eigenvalue weighted by Crippen LogP contribution is -2.41. The van der Waals surface area contributed by atoms with Crippen molar-refractivity contribution in [3.05, 3.63) is 42.6 Å². The fourth-order valence-corrected chi connectivity index (χ4v) is 5.26. The first-order valence-electron chi connectivity index (χ1n) is 10.5. The molecule has 1 aliphatic carbocycles. The van der Waals surface area contributed by atoms with E-state index in [4.69, 9.17) is 5.73 Å². The van der Waals surface area contributed by atoms with E-state index >= 15 is 0 Å². The minimum Gasteiger partial charge on any atom is -0.396 e. The summed E-state index contributed by atoms with van der Waals surface area (Å²) in [6.07, 6.45) is 9.09. The predicted molar refractivity (Wildman–Crippen MR) is 119 cm³/mol. The minimum atomic E-state index is -3.78. The maximum absolute atomic E-state index is 13.1. The molecule has 0 spiro atoms. The molecule has 1 aromatic carbocycles. The number of aliphatic hydroxyl groups is 1. The van der Waals surface area contributed by atoms with Crippen LogP contribution >= 0.6 is 0 Å². The van der Waals surface area contributed by atoms with Gasteiger partial charge in [-0.15, -0.1) is 0 Å². The maximum atomic E-state index is 13.1. The van der Waals surface area contributed by atoms with Gasteiger partial charge in [-0.2, -0.15) is 9.78 Å². The van der Waals surface area contributed by atoms with Crippen LogP contribution in [0.4, 0.5) is 5.82 Å². The molecule has 0 radical (unpaired) electrons. The zero-order valence-corrected chi connectivity index (χ0v) is 18.7. The van der Waals surface area contributed by atoms with E-state index in [1.807, 2.05) is 6.92 Å². The molecule has 3 aromatic rings. The van der Waals surface area contributed by atoms with Crippen molar-refractivity contribution in [2.24, 2.45) is 5.41 Å². The van der Waals surface area contributed by atoms with Crippen LogP contribution in [-0.2, 0) is 10.0 Å². The van der Waals surface area contributed by atoms with Gasteiger partial charge in [-0.05, 0) is 37.5 Å². The van der Waals surface area contributed by atoms with E-state index in [2.05, 4.69) is 24.8 Å². The Hall–Kier alpha value is -2.89. The number of rotatable bonds is 7. The van der Waals surface area contributed by atoms with Gasteiger partial charge in [0, 0.05) is 24.1 Å². The Balaban J connectivity index is 1.63. The summed E-state index contributed by atoms with van der Waals surface area (Å²) >= 11 is 0. The number of anilines is 1. The van der Waals surface area contributed by atoms with Gasteiger partial charge in [-0.25, -0.2) is 28.1 Å². The number of aromatic nitrogens is 5. The van der Waals surface area contributed by atoms with Crippen LogP contribution in [0, 0.1) is 12.3 Å². The Morgan fingerprint density at radius 1 is 1.25 bits per heavy atom. The van der Waals surface area contributed by atoms with Crippen LogP contribution in [0.1, 0.15) is 37.7 Å². The summed E-state index contributed by atoms with van der Waals surface area (Å²) in [6, 6.07) is 4.88. The van der Waals surface area contributed by atoms with Crippen LogP contribution in [0.3, 0.4) is 0 Å². The molecule has 1 fully saturated rings. The summed E-state index contributed by atoms with van der Waals surface area (Å²) in [5.74, 6) is 0.497. The monoisotopic (exact) mass is 457 g/mol. The number of nitrogens with two attached hydrogens (primary N) is 1. The molecule has 11 heteroatoms. The number of aryl methyl sites for hydroxylation is 1. The first kappa shape index (κ1) is 22.3. The van der Waals surface area contributed by atoms with Gasteiger partial charge in [-0.1, -0.05) is 25.3 Å². The number of nitrogens with one attached hydrogen (secondary N) is 1. The van der Waals surface area contributed by atoms with E-state index in [1.54, 1.807) is 18.2 Å². The topological polar surface area (TPSA) is 149 Å². The Kier molecular flexibility index (Phi) is 6.22. The molecule has 0 aliphatic heterocycles. The van der Waals surface area contributed by atoms with Crippen LogP contribution in [0.15, 0.2) is 41.9 Å². The van der Waals surface area contributed by atoms with Crippen molar-refractivity contribution in [3.63, 3.8) is 0 Å². The smallest absolute Gasteiger partial charge is 0.240 e. The highest BCUT2D eigenvalue weighted by Crippen LogP contribution is 2.35. The van der Waals surface area contributed by atoms with Gasteiger partial charge in [-0.3, -0.25) is 0 Å². The van der Waals surface area contributed by atoms with Crippen LogP contribution in [0.5, 0.6) is 0 Å². The van der Waals surface area contributed by atoms with Crippen LogP contribution < -0.4 is 10.5 Å². The Morgan fingerprint density at radius 3 is 2.72 bits per heavy atom. The summed E-state index contributed by atoms with van der Waals surface area (Å²) in [7, 11) is -3.78. The molecular formula is C21H27N7O3S. The number of nitrogens with zero attached hydrogens (tertiary/aromatic N) is 5. The number of sulfonamides is 1. The molecule has 0 amide bonds. The SMILES string of the molecule is Cc1ccc(S(=O)(=O)NCC2(CO)CCCCC2)cc1-c1cnc(N)c(-n2cncn2)n1. The molecular weight excluding hydrogens is 430 g/mol. The van der Waals surface area contributed by atoms with Gasteiger partial charge >= 0.3 is 0 Å². The number of benzene rings is 1. The first-order chi connectivity index (χ1) is 15.3. The molecule has 4 N–H and O–H groups in total. The van der Waals surface area contributed by atoms with Gasteiger partial charge in [0.1, 0.15) is 12.7 Å². The maximum Gasteiger partial charge on any atom is 0.240 e. The van der Waals surface area contributed by atoms with Gasteiger partial charge in [0.2, 0.25) is 10.0 Å². The van der Waals surface area contributed by atoms with E-state index in [1.165, 1.54) is 23.5 Å². The summed E-state index contributed by atoms with van der Waals surface area (Å²) in [4.78, 5) is 12.8. The van der Waals surface area contributed by atoms with E-state index < -0.39 is 15.4 Å². The Labute approximate surface area is 187 Å². The number of hydrogen-bond acceptors (Lipinski definition) is 8. The number of aliphatic hydroxyl groups excluding tert-OH is 1. The van der Waals surface area contributed by atoms with E-state index in [0.717, 1.165) is 37.7 Å². The van der Waals surface area contributed by atoms with Crippen molar-refractivity contribution < 1.29 is 13.5 Å². The number of hydrogen-bond donors (Lipinski definition) is 3. The Bertz CT molecular complexity index is 1190. The van der Waals surface area contributed by atoms with Crippen molar-refractivity contribution in [2.45, 2.75) is 43.9 Å². The third-order valence-electron chi connectivity index (χ3n) is 6.10. The lowest BCUT2D eigenvalue weighted by Gasteiger charge is -2.35. The molecule has 170 valence electrons. The molecule has 0 saturated heterocycles. The summed E-state index contributed by atoms with van der Waals surface area (Å²) in [5, 5.41) is 13.9. The highest BCUT2D eigenvalue weighted by atomic mass is 32.2. The lowest BCUT2D eigenvalue weighted by atomic mass is 9.75. The molecule has 32 heavy (non-hydrogen) atoms. The van der Waals surface area contributed by atoms with Crippen molar-refractivity contribution in [2.75, 3.05) is 18.9 Å². The average molecular weight is 458 g/mol. The zero-order valence-electron chi connectivity index (χ0n) is 17.9. The molecule has 4 rings (SSSR count). The molecule has 1 saturated carbocycles. The zero-order chi connectivity index (χ0) is 22.8. The van der Waals surface area contributed by atoms with Crippen LogP contribution in [-0.4, -0.2) is 51.4 Å². The van der Waals surface area contributed by atoms with E-state index in [0.29, 0.717) is 17.1 Å². The fourth-order valence-electron chi connectivity index (χ4n) is 4.07. The molecule has 10 nitrogen and oxygen atoms in total. The molecule has 0 bridgehead atoms. The van der Waals surface area contributed by atoms with Crippen molar-refractivity contribution >= 4 is 15.8 Å². The first-order valence-corrected chi connectivity index (χ1v) is 12.0. The predicted octanol–water partition coefficient (Wildman–Crippen LogP) is 1.84. The highest BCUT2D eigenvalue weighted by Gasteiger charge is 2.33. The second-order valence-corrected chi connectivity index (χ2v) is 10.1. The quantitative estimate of drug-likeness (QED) is 0.486.